The minimum Gasteiger partial charge on any atom is -0.465 e. The van der Waals surface area contributed by atoms with Crippen LogP contribution in [0.25, 0.3) is 0 Å². The second-order valence-electron chi connectivity index (χ2n) is 6.71. The van der Waals surface area contributed by atoms with Crippen LogP contribution in [0.15, 0.2) is 48.5 Å². The second-order valence-corrected chi connectivity index (χ2v) is 7.82. The minimum absolute atomic E-state index is 0.164. The lowest BCUT2D eigenvalue weighted by molar-refractivity contribution is -0.394. The van der Waals surface area contributed by atoms with Gasteiger partial charge in [0.15, 0.2) is 0 Å². The molecule has 164 valence electrons. The zero-order valence-corrected chi connectivity index (χ0v) is 17.8. The molecule has 0 aliphatic carbocycles. The topological polar surface area (TPSA) is 142 Å². The molecule has 0 fully saturated rings. The van der Waals surface area contributed by atoms with Crippen molar-refractivity contribution in [3.63, 3.8) is 0 Å². The van der Waals surface area contributed by atoms with Crippen molar-refractivity contribution in [1.29, 1.82) is 0 Å². The molecule has 0 unspecified atom stereocenters. The first kappa shape index (κ1) is 22.6. The third-order valence-electron chi connectivity index (χ3n) is 4.66. The van der Waals surface area contributed by atoms with Crippen LogP contribution >= 0.6 is 11.3 Å². The van der Waals surface area contributed by atoms with Crippen LogP contribution in [0.1, 0.15) is 36.7 Å². The molecule has 0 radical (unpaired) electrons. The number of esters is 1. The number of carbonyl (C=O) groups excluding carboxylic acids is 2. The van der Waals surface area contributed by atoms with Crippen molar-refractivity contribution in [2.24, 2.45) is 0 Å². The smallest absolute Gasteiger partial charge is 0.341 e. The van der Waals surface area contributed by atoms with Crippen molar-refractivity contribution < 1.29 is 24.2 Å². The molecule has 0 aliphatic heterocycles. The number of nitrogens with zero attached hydrogens (tertiary/aromatic N) is 2. The third-order valence-corrected chi connectivity index (χ3v) is 5.86. The molecule has 3 rings (SSSR count). The number of anilines is 1. The van der Waals surface area contributed by atoms with Crippen molar-refractivity contribution in [3.05, 3.63) is 95.9 Å². The van der Waals surface area contributed by atoms with E-state index in [0.29, 0.717) is 12.0 Å². The van der Waals surface area contributed by atoms with Gasteiger partial charge in [-0.2, -0.15) is 0 Å². The van der Waals surface area contributed by atoms with Gasteiger partial charge in [0, 0.05) is 23.4 Å². The Morgan fingerprint density at radius 2 is 1.62 bits per heavy atom. The summed E-state index contributed by atoms with van der Waals surface area (Å²) in [5.74, 6) is -1.48. The number of ether oxygens (including phenoxy) is 1. The van der Waals surface area contributed by atoms with Gasteiger partial charge in [0.2, 0.25) is 0 Å². The van der Waals surface area contributed by atoms with Gasteiger partial charge in [-0.05, 0) is 18.1 Å². The van der Waals surface area contributed by atoms with Crippen molar-refractivity contribution in [3.8, 4) is 0 Å². The predicted octanol–water partition coefficient (Wildman–Crippen LogP) is 4.50. The Morgan fingerprint density at radius 1 is 1.03 bits per heavy atom. The van der Waals surface area contributed by atoms with Crippen molar-refractivity contribution in [2.75, 3.05) is 12.4 Å². The number of methoxy groups -OCH3 is 1. The Labute approximate surface area is 185 Å². The monoisotopic (exact) mass is 455 g/mol. The number of carbonyl (C=O) groups is 2. The first-order chi connectivity index (χ1) is 15.2. The Kier molecular flexibility index (Phi) is 6.59. The maximum Gasteiger partial charge on any atom is 0.341 e. The quantitative estimate of drug-likeness (QED) is 0.314. The highest BCUT2D eigenvalue weighted by Crippen LogP contribution is 2.35. The fourth-order valence-corrected chi connectivity index (χ4v) is 4.28. The van der Waals surface area contributed by atoms with E-state index in [4.69, 9.17) is 4.74 Å². The van der Waals surface area contributed by atoms with Gasteiger partial charge in [0.05, 0.1) is 34.1 Å². The van der Waals surface area contributed by atoms with E-state index in [2.05, 4.69) is 5.32 Å². The van der Waals surface area contributed by atoms with E-state index in [-0.39, 0.29) is 16.1 Å². The largest absolute Gasteiger partial charge is 0.465 e. The summed E-state index contributed by atoms with van der Waals surface area (Å²) >= 11 is 1.17. The highest BCUT2D eigenvalue weighted by Gasteiger charge is 2.25. The van der Waals surface area contributed by atoms with Crippen LogP contribution in [0, 0.1) is 27.2 Å². The first-order valence-corrected chi connectivity index (χ1v) is 10.0. The van der Waals surface area contributed by atoms with Gasteiger partial charge in [-0.1, -0.05) is 30.3 Å². The van der Waals surface area contributed by atoms with Gasteiger partial charge in [0.25, 0.3) is 17.3 Å². The van der Waals surface area contributed by atoms with Gasteiger partial charge in [-0.15, -0.1) is 11.3 Å². The molecule has 0 saturated heterocycles. The molecule has 0 aliphatic rings. The Bertz CT molecular complexity index is 1190. The van der Waals surface area contributed by atoms with Crippen molar-refractivity contribution >= 4 is 39.6 Å². The average molecular weight is 455 g/mol. The molecule has 1 aromatic heterocycles. The van der Waals surface area contributed by atoms with E-state index in [0.717, 1.165) is 28.6 Å². The molecule has 1 heterocycles. The number of hydrogen-bond donors (Lipinski definition) is 1. The summed E-state index contributed by atoms with van der Waals surface area (Å²) in [4.78, 5) is 46.6. The lowest BCUT2D eigenvalue weighted by Gasteiger charge is -2.06. The van der Waals surface area contributed by atoms with Crippen LogP contribution in [-0.2, 0) is 11.2 Å². The van der Waals surface area contributed by atoms with Crippen molar-refractivity contribution in [2.45, 2.75) is 13.3 Å². The molecule has 1 amide bonds. The zero-order chi connectivity index (χ0) is 23.4. The fourth-order valence-electron chi connectivity index (χ4n) is 3.06. The standard InChI is InChI=1S/C21H17N3O7S/c1-12-17(8-13-6-4-3-5-7-13)32-20(18(12)21(26)31-2)22-19(25)14-9-15(23(27)28)11-16(10-14)24(29)30/h3-7,9-11H,8H2,1-2H3,(H,22,25). The maximum atomic E-state index is 12.8. The number of hydrogen-bond acceptors (Lipinski definition) is 8. The lowest BCUT2D eigenvalue weighted by Crippen LogP contribution is -2.15. The number of nitro benzene ring substituents is 2. The Morgan fingerprint density at radius 3 is 2.16 bits per heavy atom. The first-order valence-electron chi connectivity index (χ1n) is 9.21. The van der Waals surface area contributed by atoms with Crippen LogP contribution < -0.4 is 5.32 Å². The second kappa shape index (κ2) is 9.35. The van der Waals surface area contributed by atoms with Crippen molar-refractivity contribution in [1.82, 2.24) is 0 Å². The number of nitrogens with one attached hydrogen (secondary N) is 1. The summed E-state index contributed by atoms with van der Waals surface area (Å²) in [6, 6.07) is 12.2. The van der Waals surface area contributed by atoms with E-state index >= 15 is 0 Å². The average Bonchev–Trinajstić information content (AvgIpc) is 3.07. The van der Waals surface area contributed by atoms with Crippen LogP contribution in [-0.4, -0.2) is 28.8 Å². The van der Waals surface area contributed by atoms with Crippen LogP contribution in [0.4, 0.5) is 16.4 Å². The van der Waals surface area contributed by atoms with Gasteiger partial charge >= 0.3 is 5.97 Å². The zero-order valence-electron chi connectivity index (χ0n) is 17.0. The SMILES string of the molecule is COC(=O)c1c(NC(=O)c2cc([N+](=O)[O-])cc([N+](=O)[O-])c2)sc(Cc2ccccc2)c1C. The molecule has 11 heteroatoms. The summed E-state index contributed by atoms with van der Waals surface area (Å²) in [5.41, 5.74) is 0.329. The van der Waals surface area contributed by atoms with Gasteiger partial charge < -0.3 is 10.1 Å². The molecule has 10 nitrogen and oxygen atoms in total. The summed E-state index contributed by atoms with van der Waals surface area (Å²) in [7, 11) is 1.21. The molecule has 3 aromatic rings. The van der Waals surface area contributed by atoms with E-state index in [9.17, 15) is 29.8 Å². The van der Waals surface area contributed by atoms with Gasteiger partial charge in [0.1, 0.15) is 5.00 Å². The van der Waals surface area contributed by atoms with E-state index < -0.39 is 33.1 Å². The third kappa shape index (κ3) is 4.78. The lowest BCUT2D eigenvalue weighted by atomic mass is 10.1. The number of benzene rings is 2. The van der Waals surface area contributed by atoms with Gasteiger partial charge in [-0.25, -0.2) is 4.79 Å². The Balaban J connectivity index is 2.00. The highest BCUT2D eigenvalue weighted by molar-refractivity contribution is 7.17. The molecule has 1 N–H and O–H groups in total. The van der Waals surface area contributed by atoms with Crippen LogP contribution in [0.5, 0.6) is 0 Å². The number of non-ortho nitro benzene ring substituents is 2. The number of thiophene rings is 1. The molecule has 0 atom stereocenters. The Hall–Kier alpha value is -4.12. The molecular formula is C21H17N3O7S. The van der Waals surface area contributed by atoms with Crippen LogP contribution in [0.2, 0.25) is 0 Å². The molecule has 32 heavy (non-hydrogen) atoms. The van der Waals surface area contributed by atoms with E-state index in [1.807, 2.05) is 30.3 Å². The maximum absolute atomic E-state index is 12.8. The molecular weight excluding hydrogens is 438 g/mol. The summed E-state index contributed by atoms with van der Waals surface area (Å²) < 4.78 is 4.85. The van der Waals surface area contributed by atoms with E-state index in [1.165, 1.54) is 18.4 Å². The number of rotatable bonds is 7. The minimum atomic E-state index is -0.825. The fraction of sp³-hybridized carbons (Fsp3) is 0.143. The highest BCUT2D eigenvalue weighted by atomic mass is 32.1. The summed E-state index contributed by atoms with van der Waals surface area (Å²) in [6.45, 7) is 1.73. The van der Waals surface area contributed by atoms with Crippen LogP contribution in [0.3, 0.4) is 0 Å². The number of amides is 1. The molecule has 0 spiro atoms. The normalized spacial score (nSPS) is 10.4. The number of nitro groups is 2. The molecule has 2 aromatic carbocycles. The molecule has 0 bridgehead atoms. The predicted molar refractivity (Wildman–Crippen MR) is 117 cm³/mol. The van der Waals surface area contributed by atoms with Gasteiger partial charge in [-0.3, -0.25) is 25.0 Å². The summed E-state index contributed by atoms with van der Waals surface area (Å²) in [6.07, 6.45) is 0.513. The summed E-state index contributed by atoms with van der Waals surface area (Å²) in [5, 5.41) is 25.0. The molecule has 0 saturated carbocycles. The van der Waals surface area contributed by atoms with E-state index in [1.54, 1.807) is 6.92 Å².